The monoisotopic (exact) mass is 458 g/mol. The van der Waals surface area contributed by atoms with Crippen LogP contribution in [0.5, 0.6) is 5.75 Å². The number of aromatic hydroxyl groups is 1. The van der Waals surface area contributed by atoms with Crippen molar-refractivity contribution < 1.29 is 9.50 Å². The fourth-order valence-electron chi connectivity index (χ4n) is 10.0. The third kappa shape index (κ3) is 2.44. The van der Waals surface area contributed by atoms with Crippen LogP contribution in [0.4, 0.5) is 4.39 Å². The van der Waals surface area contributed by atoms with E-state index >= 15 is 4.39 Å². The Morgan fingerprint density at radius 1 is 1.00 bits per heavy atom. The fourth-order valence-corrected chi connectivity index (χ4v) is 10.0. The van der Waals surface area contributed by atoms with Gasteiger partial charge in [-0.1, -0.05) is 36.4 Å². The first-order chi connectivity index (χ1) is 16.6. The van der Waals surface area contributed by atoms with E-state index in [-0.39, 0.29) is 5.41 Å². The van der Waals surface area contributed by atoms with E-state index in [9.17, 15) is 5.11 Å². The Labute approximate surface area is 202 Å². The number of phenolic OH excluding ortho intramolecular Hbond substituents is 1. The third-order valence-electron chi connectivity index (χ3n) is 11.1. The van der Waals surface area contributed by atoms with E-state index in [1.807, 2.05) is 12.1 Å². The van der Waals surface area contributed by atoms with Crippen molar-refractivity contribution in [3.8, 4) is 5.75 Å². The van der Waals surface area contributed by atoms with E-state index in [1.54, 1.807) is 0 Å². The van der Waals surface area contributed by atoms with Crippen molar-refractivity contribution in [1.82, 2.24) is 9.80 Å². The highest BCUT2D eigenvalue weighted by atomic mass is 19.1. The Morgan fingerprint density at radius 2 is 1.85 bits per heavy atom. The van der Waals surface area contributed by atoms with Gasteiger partial charge in [-0.25, -0.2) is 4.39 Å². The SMILES string of the molecule is Oc1ccc2c(c1)C13C(F)CN(CC4CC4)C(C2)C12CCC1C3[C@@H](CN1Cc1ccccc1)C2. The standard InChI is InChI=1S/C30H35FN2O/c31-26-18-33(16-20-6-7-20)27-12-21-8-9-23(34)13-24(21)30(26)28-22-14-29(27,30)11-10-25(28)32(17-22)15-19-4-2-1-3-5-19/h1-5,8-9,13,20,22,25-28,34H,6-7,10-12,14-18H2/t22-,25?,26?,27?,28?,29?,30?/m1/s1. The molecule has 34 heavy (non-hydrogen) atoms. The van der Waals surface area contributed by atoms with Crippen LogP contribution < -0.4 is 0 Å². The Morgan fingerprint density at radius 3 is 2.68 bits per heavy atom. The van der Waals surface area contributed by atoms with E-state index in [1.165, 1.54) is 42.4 Å². The number of rotatable bonds is 4. The van der Waals surface area contributed by atoms with E-state index < -0.39 is 11.6 Å². The molecule has 8 rings (SSSR count). The summed E-state index contributed by atoms with van der Waals surface area (Å²) < 4.78 is 17.0. The van der Waals surface area contributed by atoms with Gasteiger partial charge in [0.2, 0.25) is 0 Å². The minimum absolute atomic E-state index is 0.0328. The first kappa shape index (κ1) is 20.3. The lowest BCUT2D eigenvalue weighted by Crippen LogP contribution is -2.74. The van der Waals surface area contributed by atoms with E-state index in [0.717, 1.165) is 38.4 Å². The molecule has 5 fully saturated rings. The number of piperidine rings is 1. The fraction of sp³-hybridized carbons (Fsp3) is 0.600. The highest BCUT2D eigenvalue weighted by molar-refractivity contribution is 5.52. The van der Waals surface area contributed by atoms with Gasteiger partial charge in [0, 0.05) is 43.7 Å². The number of nitrogens with zero attached hydrogens (tertiary/aromatic N) is 2. The lowest BCUT2D eigenvalue weighted by Gasteiger charge is -2.67. The highest BCUT2D eigenvalue weighted by Gasteiger charge is 2.79. The highest BCUT2D eigenvalue weighted by Crippen LogP contribution is 2.76. The van der Waals surface area contributed by atoms with Crippen molar-refractivity contribution in [2.75, 3.05) is 19.6 Å². The number of alkyl halides is 1. The Kier molecular flexibility index (Phi) is 4.09. The van der Waals surface area contributed by atoms with Gasteiger partial charge >= 0.3 is 0 Å². The molecule has 4 bridgehead atoms. The maximum Gasteiger partial charge on any atom is 0.123 e. The van der Waals surface area contributed by atoms with Gasteiger partial charge < -0.3 is 5.11 Å². The minimum Gasteiger partial charge on any atom is -0.508 e. The molecule has 0 radical (unpaired) electrons. The van der Waals surface area contributed by atoms with Crippen molar-refractivity contribution in [3.05, 3.63) is 65.2 Å². The molecule has 6 aliphatic rings. The summed E-state index contributed by atoms with van der Waals surface area (Å²) in [5.41, 5.74) is 3.46. The van der Waals surface area contributed by atoms with Crippen LogP contribution in [0.2, 0.25) is 0 Å². The summed E-state index contributed by atoms with van der Waals surface area (Å²) in [5.74, 6) is 2.03. The first-order valence-corrected chi connectivity index (χ1v) is 13.6. The summed E-state index contributed by atoms with van der Waals surface area (Å²) in [4.78, 5) is 5.29. The average Bonchev–Trinajstić information content (AvgIpc) is 3.54. The zero-order valence-electron chi connectivity index (χ0n) is 19.9. The molecule has 0 amide bonds. The summed E-state index contributed by atoms with van der Waals surface area (Å²) in [6, 6.07) is 17.7. The Hall–Kier alpha value is -1.91. The Bertz CT molecular complexity index is 1130. The van der Waals surface area contributed by atoms with Crippen LogP contribution in [0.3, 0.4) is 0 Å². The molecule has 3 nitrogen and oxygen atoms in total. The topological polar surface area (TPSA) is 26.7 Å². The summed E-state index contributed by atoms with van der Waals surface area (Å²) in [6.07, 6.45) is 6.34. The molecule has 0 spiro atoms. The van der Waals surface area contributed by atoms with Crippen molar-refractivity contribution in [1.29, 1.82) is 0 Å². The summed E-state index contributed by atoms with van der Waals surface area (Å²) in [6.45, 7) is 3.76. The van der Waals surface area contributed by atoms with Crippen LogP contribution in [-0.4, -0.2) is 52.8 Å². The van der Waals surface area contributed by atoms with Gasteiger partial charge in [-0.2, -0.15) is 0 Å². The van der Waals surface area contributed by atoms with Crippen molar-refractivity contribution in [3.63, 3.8) is 0 Å². The Balaban J connectivity index is 1.26. The quantitative estimate of drug-likeness (QED) is 0.705. The third-order valence-corrected chi connectivity index (χ3v) is 11.1. The molecule has 2 saturated heterocycles. The molecule has 3 saturated carbocycles. The number of fused-ring (bicyclic) bond motifs is 1. The van der Waals surface area contributed by atoms with E-state index in [0.29, 0.717) is 36.2 Å². The van der Waals surface area contributed by atoms with Gasteiger partial charge in [-0.3, -0.25) is 9.80 Å². The van der Waals surface area contributed by atoms with Crippen LogP contribution in [0.1, 0.15) is 48.8 Å². The smallest absolute Gasteiger partial charge is 0.123 e. The van der Waals surface area contributed by atoms with Crippen LogP contribution in [-0.2, 0) is 18.4 Å². The van der Waals surface area contributed by atoms with Crippen LogP contribution >= 0.6 is 0 Å². The summed E-state index contributed by atoms with van der Waals surface area (Å²) in [7, 11) is 0. The number of hydrogen-bond donors (Lipinski definition) is 1. The van der Waals surface area contributed by atoms with Gasteiger partial charge in [0.15, 0.2) is 0 Å². The summed E-state index contributed by atoms with van der Waals surface area (Å²) in [5, 5.41) is 10.6. The number of phenols is 1. The van der Waals surface area contributed by atoms with Crippen LogP contribution in [0, 0.1) is 23.2 Å². The molecule has 2 aromatic carbocycles. The first-order valence-electron chi connectivity index (χ1n) is 13.6. The minimum atomic E-state index is -0.849. The molecule has 4 aliphatic carbocycles. The number of benzene rings is 2. The van der Waals surface area contributed by atoms with Crippen molar-refractivity contribution in [2.45, 2.75) is 68.7 Å². The molecule has 4 heteroatoms. The molecular weight excluding hydrogens is 423 g/mol. The second-order valence-electron chi connectivity index (χ2n) is 12.5. The van der Waals surface area contributed by atoms with E-state index in [2.05, 4.69) is 46.2 Å². The second-order valence-corrected chi connectivity index (χ2v) is 12.5. The zero-order chi connectivity index (χ0) is 22.7. The molecular formula is C30H35FN2O. The predicted octanol–water partition coefficient (Wildman–Crippen LogP) is 4.92. The van der Waals surface area contributed by atoms with Gasteiger partial charge in [0.25, 0.3) is 0 Å². The number of halogens is 1. The molecule has 178 valence electrons. The lowest BCUT2D eigenvalue weighted by atomic mass is 9.43. The molecule has 6 unspecified atom stereocenters. The van der Waals surface area contributed by atoms with E-state index in [4.69, 9.17) is 0 Å². The molecule has 0 aromatic heterocycles. The van der Waals surface area contributed by atoms with Gasteiger partial charge in [-0.15, -0.1) is 0 Å². The maximum atomic E-state index is 17.0. The average molecular weight is 459 g/mol. The van der Waals surface area contributed by atoms with Crippen molar-refractivity contribution >= 4 is 0 Å². The van der Waals surface area contributed by atoms with Crippen molar-refractivity contribution in [2.24, 2.45) is 23.2 Å². The molecule has 7 atom stereocenters. The lowest BCUT2D eigenvalue weighted by molar-refractivity contribution is -0.144. The number of hydrogen-bond acceptors (Lipinski definition) is 3. The second kappa shape index (κ2) is 6.85. The molecule has 1 N–H and O–H groups in total. The normalized spacial score (nSPS) is 42.4. The summed E-state index contributed by atoms with van der Waals surface area (Å²) >= 11 is 0. The van der Waals surface area contributed by atoms with Gasteiger partial charge in [0.1, 0.15) is 11.9 Å². The largest absolute Gasteiger partial charge is 0.508 e. The van der Waals surface area contributed by atoms with Crippen LogP contribution in [0.15, 0.2) is 48.5 Å². The number of likely N-dealkylation sites (tertiary alicyclic amines) is 2. The van der Waals surface area contributed by atoms with Gasteiger partial charge in [-0.05, 0) is 90.5 Å². The molecule has 2 aromatic rings. The molecule has 2 aliphatic heterocycles. The van der Waals surface area contributed by atoms with Crippen LogP contribution in [0.25, 0.3) is 0 Å². The molecule has 2 heterocycles. The predicted molar refractivity (Wildman–Crippen MR) is 130 cm³/mol. The maximum absolute atomic E-state index is 17.0. The van der Waals surface area contributed by atoms with Gasteiger partial charge in [0.05, 0.1) is 0 Å². The zero-order valence-corrected chi connectivity index (χ0v) is 19.9.